The lowest BCUT2D eigenvalue weighted by Gasteiger charge is -2.29. The summed E-state index contributed by atoms with van der Waals surface area (Å²) in [7, 11) is 3.88. The van der Waals surface area contributed by atoms with Crippen LogP contribution >= 0.6 is 0 Å². The van der Waals surface area contributed by atoms with Gasteiger partial charge in [0, 0.05) is 25.2 Å². The van der Waals surface area contributed by atoms with Crippen molar-refractivity contribution in [2.45, 2.75) is 13.0 Å². The first-order valence-corrected chi connectivity index (χ1v) is 12.2. The quantitative estimate of drug-likeness (QED) is 0.533. The van der Waals surface area contributed by atoms with Crippen LogP contribution in [-0.2, 0) is 23.0 Å². The van der Waals surface area contributed by atoms with Crippen LogP contribution in [0.5, 0.6) is 28.7 Å². The molecule has 0 atom stereocenters. The molecule has 0 spiro atoms. The van der Waals surface area contributed by atoms with E-state index in [0.717, 1.165) is 11.1 Å². The molecule has 11 heteroatoms. The molecule has 34 heavy (non-hydrogen) atoms. The molecule has 2 aromatic carbocycles. The topological polar surface area (TPSA) is 113 Å². The zero-order chi connectivity index (χ0) is 24.9. The maximum absolute atomic E-state index is 12.9. The lowest BCUT2D eigenvalue weighted by molar-refractivity contribution is 0.0955. The third-order valence-corrected chi connectivity index (χ3v) is 7.47. The molecule has 0 saturated carbocycles. The van der Waals surface area contributed by atoms with E-state index in [1.54, 1.807) is 7.11 Å². The standard InChI is InChI=1S/C23H30N2O8S/c1-29-18-10-15-6-8-25(14-17(15)13-19(18)30-2)34(27,28)9-7-24-23(26)16-11-20(31-3)22(33-5)21(12-16)32-4/h10-13H,6-9,14H2,1-5H3,(H,24,26). The normalized spacial score (nSPS) is 13.6. The highest BCUT2D eigenvalue weighted by Gasteiger charge is 2.28. The van der Waals surface area contributed by atoms with Crippen LogP contribution in [0, 0.1) is 0 Å². The number of nitrogens with zero attached hydrogens (tertiary/aromatic N) is 1. The molecule has 0 bridgehead atoms. The molecule has 2 aromatic rings. The van der Waals surface area contributed by atoms with Gasteiger partial charge in [0.2, 0.25) is 15.8 Å². The average Bonchev–Trinajstić information content (AvgIpc) is 2.86. The molecule has 186 valence electrons. The highest BCUT2D eigenvalue weighted by molar-refractivity contribution is 7.89. The molecule has 1 aliphatic heterocycles. The van der Waals surface area contributed by atoms with Gasteiger partial charge in [0.25, 0.3) is 5.91 Å². The van der Waals surface area contributed by atoms with E-state index in [2.05, 4.69) is 5.32 Å². The highest BCUT2D eigenvalue weighted by atomic mass is 32.2. The van der Waals surface area contributed by atoms with Crippen molar-refractivity contribution < 1.29 is 36.9 Å². The van der Waals surface area contributed by atoms with Crippen molar-refractivity contribution in [3.63, 3.8) is 0 Å². The number of hydrogen-bond donors (Lipinski definition) is 1. The zero-order valence-electron chi connectivity index (χ0n) is 20.0. The summed E-state index contributed by atoms with van der Waals surface area (Å²) in [5.74, 6) is 1.52. The van der Waals surface area contributed by atoms with Crippen LogP contribution < -0.4 is 29.0 Å². The van der Waals surface area contributed by atoms with Gasteiger partial charge in [0.15, 0.2) is 23.0 Å². The Kier molecular flexibility index (Phi) is 8.11. The number of rotatable bonds is 10. The molecule has 1 aliphatic rings. The maximum Gasteiger partial charge on any atom is 0.251 e. The van der Waals surface area contributed by atoms with Gasteiger partial charge in [0.05, 0.1) is 41.3 Å². The Morgan fingerprint density at radius 1 is 0.853 bits per heavy atom. The van der Waals surface area contributed by atoms with Crippen LogP contribution in [0.25, 0.3) is 0 Å². The number of fused-ring (bicyclic) bond motifs is 1. The van der Waals surface area contributed by atoms with E-state index >= 15 is 0 Å². The molecule has 0 fully saturated rings. The Labute approximate surface area is 199 Å². The van der Waals surface area contributed by atoms with Crippen LogP contribution in [0.15, 0.2) is 24.3 Å². The number of methoxy groups -OCH3 is 5. The second-order valence-electron chi connectivity index (χ2n) is 7.55. The van der Waals surface area contributed by atoms with Gasteiger partial charge in [0.1, 0.15) is 0 Å². The minimum Gasteiger partial charge on any atom is -0.493 e. The molecule has 0 unspecified atom stereocenters. The van der Waals surface area contributed by atoms with Crippen LogP contribution in [0.4, 0.5) is 0 Å². The number of sulfonamides is 1. The van der Waals surface area contributed by atoms with E-state index in [1.165, 1.54) is 44.9 Å². The molecule has 0 aromatic heterocycles. The van der Waals surface area contributed by atoms with Gasteiger partial charge >= 0.3 is 0 Å². The lowest BCUT2D eigenvalue weighted by atomic mass is 10.0. The lowest BCUT2D eigenvalue weighted by Crippen LogP contribution is -2.40. The first-order chi connectivity index (χ1) is 16.3. The predicted octanol–water partition coefficient (Wildman–Crippen LogP) is 1.85. The molecular weight excluding hydrogens is 464 g/mol. The Bertz CT molecular complexity index is 1120. The van der Waals surface area contributed by atoms with Gasteiger partial charge in [-0.15, -0.1) is 0 Å². The number of ether oxygens (including phenoxy) is 5. The molecule has 0 saturated heterocycles. The number of benzene rings is 2. The van der Waals surface area contributed by atoms with Gasteiger partial charge in [-0.05, 0) is 41.8 Å². The summed E-state index contributed by atoms with van der Waals surface area (Å²) in [4.78, 5) is 12.6. The minimum absolute atomic E-state index is 0.0485. The molecule has 1 heterocycles. The fourth-order valence-corrected chi connectivity index (χ4v) is 5.16. The smallest absolute Gasteiger partial charge is 0.251 e. The molecule has 1 amide bonds. The number of carbonyl (C=O) groups excluding carboxylic acids is 1. The van der Waals surface area contributed by atoms with E-state index in [4.69, 9.17) is 23.7 Å². The number of amides is 1. The SMILES string of the molecule is COc1cc2c(cc1OC)CN(S(=O)(=O)CCNC(=O)c1cc(OC)c(OC)c(OC)c1)CC2. The van der Waals surface area contributed by atoms with Crippen LogP contribution in [0.3, 0.4) is 0 Å². The molecule has 0 aliphatic carbocycles. The molecule has 0 radical (unpaired) electrons. The fourth-order valence-electron chi connectivity index (χ4n) is 3.83. The summed E-state index contributed by atoms with van der Waals surface area (Å²) in [6.45, 7) is 0.539. The van der Waals surface area contributed by atoms with E-state index in [0.29, 0.717) is 41.7 Å². The maximum atomic E-state index is 12.9. The Morgan fingerprint density at radius 3 is 1.94 bits per heavy atom. The predicted molar refractivity (Wildman–Crippen MR) is 126 cm³/mol. The number of carbonyl (C=O) groups is 1. The van der Waals surface area contributed by atoms with Crippen molar-refractivity contribution >= 4 is 15.9 Å². The van der Waals surface area contributed by atoms with Gasteiger partial charge in [-0.2, -0.15) is 4.31 Å². The summed E-state index contributed by atoms with van der Waals surface area (Å²) in [6.07, 6.45) is 0.562. The largest absolute Gasteiger partial charge is 0.493 e. The fraction of sp³-hybridized carbons (Fsp3) is 0.435. The number of nitrogens with one attached hydrogen (secondary N) is 1. The second kappa shape index (κ2) is 10.8. The van der Waals surface area contributed by atoms with Crippen molar-refractivity contribution in [1.82, 2.24) is 9.62 Å². The molecule has 1 N–H and O–H groups in total. The van der Waals surface area contributed by atoms with Gasteiger partial charge in [-0.25, -0.2) is 8.42 Å². The van der Waals surface area contributed by atoms with Gasteiger partial charge in [-0.1, -0.05) is 0 Å². The van der Waals surface area contributed by atoms with Crippen molar-refractivity contribution in [3.05, 3.63) is 41.0 Å². The summed E-state index contributed by atoms with van der Waals surface area (Å²) < 4.78 is 53.7. The second-order valence-corrected chi connectivity index (χ2v) is 9.63. The Balaban J connectivity index is 1.66. The summed E-state index contributed by atoms with van der Waals surface area (Å²) in [5.41, 5.74) is 2.16. The van der Waals surface area contributed by atoms with Gasteiger partial charge < -0.3 is 29.0 Å². The van der Waals surface area contributed by atoms with E-state index < -0.39 is 15.9 Å². The first-order valence-electron chi connectivity index (χ1n) is 10.6. The highest BCUT2D eigenvalue weighted by Crippen LogP contribution is 2.38. The van der Waals surface area contributed by atoms with Crippen LogP contribution in [0.2, 0.25) is 0 Å². The zero-order valence-corrected chi connectivity index (χ0v) is 20.8. The summed E-state index contributed by atoms with van der Waals surface area (Å²) in [5, 5.41) is 2.65. The van der Waals surface area contributed by atoms with E-state index in [1.807, 2.05) is 12.1 Å². The van der Waals surface area contributed by atoms with E-state index in [-0.39, 0.29) is 24.4 Å². The van der Waals surface area contributed by atoms with Crippen molar-refractivity contribution in [2.24, 2.45) is 0 Å². The van der Waals surface area contributed by atoms with Crippen molar-refractivity contribution in [2.75, 3.05) is 54.4 Å². The third-order valence-electron chi connectivity index (χ3n) is 5.65. The Hall–Kier alpha value is -3.18. The summed E-state index contributed by atoms with van der Waals surface area (Å²) >= 11 is 0. The third kappa shape index (κ3) is 5.31. The minimum atomic E-state index is -3.60. The van der Waals surface area contributed by atoms with Gasteiger partial charge in [-0.3, -0.25) is 4.79 Å². The molecular formula is C23H30N2O8S. The van der Waals surface area contributed by atoms with Crippen molar-refractivity contribution in [3.8, 4) is 28.7 Å². The summed E-state index contributed by atoms with van der Waals surface area (Å²) in [6, 6.07) is 6.71. The van der Waals surface area contributed by atoms with Crippen LogP contribution in [-0.4, -0.2) is 73.0 Å². The van der Waals surface area contributed by atoms with Crippen molar-refractivity contribution in [1.29, 1.82) is 0 Å². The number of hydrogen-bond acceptors (Lipinski definition) is 8. The van der Waals surface area contributed by atoms with E-state index in [9.17, 15) is 13.2 Å². The monoisotopic (exact) mass is 494 g/mol. The molecule has 3 rings (SSSR count). The first kappa shape index (κ1) is 25.4. The molecule has 10 nitrogen and oxygen atoms in total. The van der Waals surface area contributed by atoms with Crippen LogP contribution in [0.1, 0.15) is 21.5 Å². The Morgan fingerprint density at radius 2 is 1.41 bits per heavy atom. The average molecular weight is 495 g/mol.